The summed E-state index contributed by atoms with van der Waals surface area (Å²) in [6.07, 6.45) is 6.17. The molecule has 0 atom stereocenters. The lowest BCUT2D eigenvalue weighted by Gasteiger charge is -2.46. The zero-order valence-electron chi connectivity index (χ0n) is 32.3. The molecule has 0 aliphatic carbocycles. The van der Waals surface area contributed by atoms with E-state index in [2.05, 4.69) is 89.8 Å². The van der Waals surface area contributed by atoms with Crippen LogP contribution in [0.25, 0.3) is 0 Å². The minimum absolute atomic E-state index is 0.315. The normalized spacial score (nSPS) is 23.8. The third-order valence-corrected chi connectivity index (χ3v) is 11.0. The van der Waals surface area contributed by atoms with Crippen molar-refractivity contribution < 1.29 is 0 Å². The summed E-state index contributed by atoms with van der Waals surface area (Å²) in [4.78, 5) is 18.4. The molecule has 5 N–H and O–H groups in total. The molecule has 11 heteroatoms. The molecule has 4 saturated heterocycles. The predicted octanol–water partition coefficient (Wildman–Crippen LogP) is 0.414. The SMILES string of the molecule is CC1=CCCN(CCNCCN2CCN(CCN3CCNCC3)CC2)CC1.CCCN1CCN(C(C)(C)CN2CCNCC2)CC1.CN. The standard InChI is InChI=1S/C21H42N6.C15H32N4.CH5N/c1-21-3-2-9-24(10-4-21)11-5-22-8-14-26-16-19-27(20-17-26)18-15-25-12-6-23-7-13-25;1-4-7-17-10-12-19(13-11-17)15(2,3)14-18-8-5-16-6-9-18;1-2/h3,22-23H,2,4-20H2,1H3;16H,4-14H2,1-3H3;2H2,1H3. The van der Waals surface area contributed by atoms with Gasteiger partial charge in [0.05, 0.1) is 0 Å². The molecule has 48 heavy (non-hydrogen) atoms. The van der Waals surface area contributed by atoms with Crippen LogP contribution in [0, 0.1) is 0 Å². The maximum absolute atomic E-state index is 4.50. The zero-order valence-corrected chi connectivity index (χ0v) is 32.3. The van der Waals surface area contributed by atoms with Gasteiger partial charge in [0.1, 0.15) is 0 Å². The van der Waals surface area contributed by atoms with Gasteiger partial charge in [-0.1, -0.05) is 18.6 Å². The molecule has 0 unspecified atom stereocenters. The Morgan fingerprint density at radius 3 is 1.62 bits per heavy atom. The molecule has 11 nitrogen and oxygen atoms in total. The molecule has 0 radical (unpaired) electrons. The van der Waals surface area contributed by atoms with Crippen LogP contribution >= 0.6 is 0 Å². The van der Waals surface area contributed by atoms with Crippen LogP contribution in [0.3, 0.4) is 0 Å². The van der Waals surface area contributed by atoms with Crippen molar-refractivity contribution >= 4 is 0 Å². The van der Waals surface area contributed by atoms with Gasteiger partial charge in [-0.15, -0.1) is 0 Å². The summed E-state index contributed by atoms with van der Waals surface area (Å²) in [5.41, 5.74) is 6.38. The molecule has 0 aromatic rings. The monoisotopic (exact) mass is 678 g/mol. The second kappa shape index (κ2) is 24.5. The number of nitrogens with zero attached hydrogens (tertiary/aromatic N) is 7. The first-order valence-corrected chi connectivity index (χ1v) is 19.9. The summed E-state index contributed by atoms with van der Waals surface area (Å²) in [6, 6.07) is 0. The third-order valence-electron chi connectivity index (χ3n) is 11.0. The van der Waals surface area contributed by atoms with E-state index in [9.17, 15) is 0 Å². The molecule has 282 valence electrons. The van der Waals surface area contributed by atoms with E-state index < -0.39 is 0 Å². The van der Waals surface area contributed by atoms with E-state index in [1.54, 1.807) is 5.57 Å². The fourth-order valence-electron chi connectivity index (χ4n) is 7.73. The first kappa shape index (κ1) is 41.7. The van der Waals surface area contributed by atoms with Crippen molar-refractivity contribution in [3.8, 4) is 0 Å². The van der Waals surface area contributed by atoms with Crippen molar-refractivity contribution in [2.75, 3.05) is 177 Å². The highest BCUT2D eigenvalue weighted by molar-refractivity contribution is 5.00. The molecular weight excluding hydrogens is 598 g/mol. The van der Waals surface area contributed by atoms with Gasteiger partial charge >= 0.3 is 0 Å². The third kappa shape index (κ3) is 16.5. The van der Waals surface area contributed by atoms with Crippen molar-refractivity contribution in [2.24, 2.45) is 5.73 Å². The van der Waals surface area contributed by atoms with Gasteiger partial charge in [-0.2, -0.15) is 0 Å². The highest BCUT2D eigenvalue weighted by Crippen LogP contribution is 2.19. The molecule has 5 aliphatic rings. The minimum Gasteiger partial charge on any atom is -0.333 e. The molecular formula is C37H79N11. The predicted molar refractivity (Wildman–Crippen MR) is 206 cm³/mol. The van der Waals surface area contributed by atoms with Crippen molar-refractivity contribution in [2.45, 2.75) is 52.5 Å². The van der Waals surface area contributed by atoms with Gasteiger partial charge in [0.15, 0.2) is 0 Å². The van der Waals surface area contributed by atoms with Crippen LogP contribution in [0.5, 0.6) is 0 Å². The van der Waals surface area contributed by atoms with Crippen LogP contribution in [-0.2, 0) is 0 Å². The Bertz CT molecular complexity index is 812. The van der Waals surface area contributed by atoms with Crippen LogP contribution in [0.4, 0.5) is 0 Å². The molecule has 5 aliphatic heterocycles. The second-order valence-electron chi connectivity index (χ2n) is 15.1. The topological polar surface area (TPSA) is 84.8 Å². The van der Waals surface area contributed by atoms with Crippen LogP contribution in [0.15, 0.2) is 11.6 Å². The van der Waals surface area contributed by atoms with Gasteiger partial charge in [-0.25, -0.2) is 0 Å². The molecule has 4 fully saturated rings. The maximum atomic E-state index is 4.50. The smallest absolute Gasteiger partial charge is 0.0281 e. The van der Waals surface area contributed by atoms with Crippen LogP contribution < -0.4 is 21.7 Å². The van der Waals surface area contributed by atoms with E-state index >= 15 is 0 Å². The average Bonchev–Trinajstić information content (AvgIpc) is 3.33. The van der Waals surface area contributed by atoms with Gasteiger partial charge in [-0.05, 0) is 53.6 Å². The lowest BCUT2D eigenvalue weighted by atomic mass is 10.00. The molecule has 0 bridgehead atoms. The van der Waals surface area contributed by atoms with Gasteiger partial charge in [-0.3, -0.25) is 24.5 Å². The Labute approximate surface area is 296 Å². The van der Waals surface area contributed by atoms with Crippen molar-refractivity contribution in [1.29, 1.82) is 0 Å². The number of hydrogen-bond acceptors (Lipinski definition) is 11. The van der Waals surface area contributed by atoms with Crippen LogP contribution in [0.1, 0.15) is 47.0 Å². The number of rotatable bonds is 14. The van der Waals surface area contributed by atoms with E-state index in [1.807, 2.05) is 0 Å². The minimum atomic E-state index is 0.315. The van der Waals surface area contributed by atoms with E-state index in [4.69, 9.17) is 0 Å². The Morgan fingerprint density at radius 2 is 1.06 bits per heavy atom. The fourth-order valence-corrected chi connectivity index (χ4v) is 7.73. The number of piperazine rings is 4. The molecule has 0 spiro atoms. The average molecular weight is 678 g/mol. The summed E-state index contributed by atoms with van der Waals surface area (Å²) in [5, 5.41) is 10.5. The summed E-state index contributed by atoms with van der Waals surface area (Å²) in [7, 11) is 1.50. The molecule has 0 aromatic carbocycles. The van der Waals surface area contributed by atoms with Gasteiger partial charge < -0.3 is 31.5 Å². The lowest BCUT2D eigenvalue weighted by molar-refractivity contribution is 0.0262. The molecule has 5 rings (SSSR count). The first-order chi connectivity index (χ1) is 23.4. The van der Waals surface area contributed by atoms with Gasteiger partial charge in [0.2, 0.25) is 0 Å². The first-order valence-electron chi connectivity index (χ1n) is 19.9. The molecule has 0 aromatic heterocycles. The maximum Gasteiger partial charge on any atom is 0.0281 e. The number of hydrogen-bond donors (Lipinski definition) is 4. The Hall–Kier alpha value is -0.700. The molecule has 0 amide bonds. The summed E-state index contributed by atoms with van der Waals surface area (Å²) < 4.78 is 0. The fraction of sp³-hybridized carbons (Fsp3) is 0.946. The van der Waals surface area contributed by atoms with Crippen molar-refractivity contribution in [1.82, 2.24) is 50.2 Å². The lowest BCUT2D eigenvalue weighted by Crippen LogP contribution is -2.60. The highest BCUT2D eigenvalue weighted by atomic mass is 15.3. The number of nitrogens with one attached hydrogen (secondary N) is 3. The highest BCUT2D eigenvalue weighted by Gasteiger charge is 2.31. The Kier molecular flexibility index (Phi) is 21.3. The van der Waals surface area contributed by atoms with Gasteiger partial charge in [0, 0.05) is 169 Å². The summed E-state index contributed by atoms with van der Waals surface area (Å²) in [6.45, 7) is 40.9. The van der Waals surface area contributed by atoms with Gasteiger partial charge in [0.25, 0.3) is 0 Å². The molecule has 5 heterocycles. The van der Waals surface area contributed by atoms with Crippen molar-refractivity contribution in [3.05, 3.63) is 11.6 Å². The summed E-state index contributed by atoms with van der Waals surface area (Å²) >= 11 is 0. The largest absolute Gasteiger partial charge is 0.333 e. The van der Waals surface area contributed by atoms with E-state index in [1.165, 1.54) is 157 Å². The summed E-state index contributed by atoms with van der Waals surface area (Å²) in [5.74, 6) is 0. The van der Waals surface area contributed by atoms with E-state index in [0.29, 0.717) is 5.54 Å². The number of nitrogens with two attached hydrogens (primary N) is 1. The van der Waals surface area contributed by atoms with Crippen molar-refractivity contribution in [3.63, 3.8) is 0 Å². The van der Waals surface area contributed by atoms with E-state index in [0.717, 1.165) is 39.3 Å². The second-order valence-corrected chi connectivity index (χ2v) is 15.1. The quantitative estimate of drug-likeness (QED) is 0.153. The Morgan fingerprint density at radius 1 is 0.604 bits per heavy atom. The zero-order chi connectivity index (χ0) is 34.5. The Balaban J connectivity index is 0.000000262. The van der Waals surface area contributed by atoms with E-state index in [-0.39, 0.29) is 0 Å². The van der Waals surface area contributed by atoms with Crippen LogP contribution in [-0.4, -0.2) is 217 Å². The van der Waals surface area contributed by atoms with Crippen LogP contribution in [0.2, 0.25) is 0 Å². The molecule has 0 saturated carbocycles.